The first-order valence-electron chi connectivity index (χ1n) is 6.72. The second-order valence-electron chi connectivity index (χ2n) is 5.08. The minimum Gasteiger partial charge on any atom is -0.343 e. The quantitative estimate of drug-likeness (QED) is 0.752. The zero-order valence-electron chi connectivity index (χ0n) is 12.8. The maximum Gasteiger partial charge on any atom is 0.244 e. The van der Waals surface area contributed by atoms with Gasteiger partial charge in [-0.3, -0.25) is 5.10 Å². The fraction of sp³-hybridized carbons (Fsp3) is 0.308. The lowest BCUT2D eigenvalue weighted by Gasteiger charge is -2.14. The molecule has 23 heavy (non-hydrogen) atoms. The van der Waals surface area contributed by atoms with Gasteiger partial charge >= 0.3 is 0 Å². The van der Waals surface area contributed by atoms with Crippen molar-refractivity contribution in [1.82, 2.24) is 24.6 Å². The molecular formula is C13H15N5O3S2. The third-order valence-corrected chi connectivity index (χ3v) is 6.42. The second kappa shape index (κ2) is 5.87. The highest BCUT2D eigenvalue weighted by molar-refractivity contribution is 7.89. The molecule has 0 aliphatic rings. The third kappa shape index (κ3) is 3.05. The van der Waals surface area contributed by atoms with Crippen LogP contribution in [0.3, 0.4) is 0 Å². The summed E-state index contributed by atoms with van der Waals surface area (Å²) < 4.78 is 31.3. The van der Waals surface area contributed by atoms with Crippen LogP contribution in [-0.2, 0) is 16.6 Å². The van der Waals surface area contributed by atoms with E-state index in [4.69, 9.17) is 0 Å². The van der Waals surface area contributed by atoms with Crippen molar-refractivity contribution in [3.05, 3.63) is 34.9 Å². The van der Waals surface area contributed by atoms with Gasteiger partial charge in [0, 0.05) is 17.6 Å². The molecule has 3 aromatic heterocycles. The SMILES string of the molecule is Cc1cc(-c2cc(S(=O)(=O)N(C)Cc3ncon3)c(C)s2)n[nH]1. The molecule has 0 spiro atoms. The van der Waals surface area contributed by atoms with Crippen molar-refractivity contribution in [2.45, 2.75) is 25.3 Å². The molecule has 0 aliphatic heterocycles. The summed E-state index contributed by atoms with van der Waals surface area (Å²) in [5.74, 6) is 0.312. The van der Waals surface area contributed by atoms with Gasteiger partial charge in [-0.2, -0.15) is 14.4 Å². The fourth-order valence-corrected chi connectivity index (χ4v) is 4.75. The first-order chi connectivity index (χ1) is 10.9. The van der Waals surface area contributed by atoms with Crippen molar-refractivity contribution in [2.24, 2.45) is 0 Å². The van der Waals surface area contributed by atoms with Crippen molar-refractivity contribution in [2.75, 3.05) is 7.05 Å². The zero-order valence-corrected chi connectivity index (χ0v) is 14.4. The van der Waals surface area contributed by atoms with Crippen molar-refractivity contribution in [3.63, 3.8) is 0 Å². The minimum absolute atomic E-state index is 0.0466. The summed E-state index contributed by atoms with van der Waals surface area (Å²) in [4.78, 5) is 5.63. The highest BCUT2D eigenvalue weighted by Crippen LogP contribution is 2.34. The molecule has 0 bridgehead atoms. The lowest BCUT2D eigenvalue weighted by atomic mass is 10.3. The van der Waals surface area contributed by atoms with Gasteiger partial charge in [-0.15, -0.1) is 11.3 Å². The van der Waals surface area contributed by atoms with Gasteiger partial charge in [0.2, 0.25) is 16.4 Å². The fourth-order valence-electron chi connectivity index (χ4n) is 2.11. The number of hydrogen-bond acceptors (Lipinski definition) is 7. The molecule has 3 aromatic rings. The summed E-state index contributed by atoms with van der Waals surface area (Å²) in [7, 11) is -2.15. The molecule has 0 fully saturated rings. The van der Waals surface area contributed by atoms with Crippen molar-refractivity contribution >= 4 is 21.4 Å². The molecule has 0 amide bonds. The number of hydrogen-bond donors (Lipinski definition) is 1. The maximum absolute atomic E-state index is 12.7. The third-order valence-electron chi connectivity index (χ3n) is 3.29. The average molecular weight is 353 g/mol. The number of aryl methyl sites for hydroxylation is 2. The van der Waals surface area contributed by atoms with Gasteiger partial charge in [-0.25, -0.2) is 8.42 Å². The van der Waals surface area contributed by atoms with Gasteiger partial charge < -0.3 is 4.52 Å². The molecule has 1 N–H and O–H groups in total. The zero-order chi connectivity index (χ0) is 16.6. The minimum atomic E-state index is -3.64. The van der Waals surface area contributed by atoms with Crippen LogP contribution >= 0.6 is 11.3 Å². The van der Waals surface area contributed by atoms with Crippen LogP contribution in [0.15, 0.2) is 27.9 Å². The van der Waals surface area contributed by atoms with E-state index in [0.29, 0.717) is 10.7 Å². The van der Waals surface area contributed by atoms with Gasteiger partial charge in [-0.05, 0) is 26.0 Å². The first-order valence-corrected chi connectivity index (χ1v) is 8.98. The van der Waals surface area contributed by atoms with Crippen LogP contribution in [-0.4, -0.2) is 40.1 Å². The Morgan fingerprint density at radius 2 is 2.13 bits per heavy atom. The van der Waals surface area contributed by atoms with Crippen molar-refractivity contribution in [3.8, 4) is 10.6 Å². The second-order valence-corrected chi connectivity index (χ2v) is 8.35. The van der Waals surface area contributed by atoms with E-state index < -0.39 is 10.0 Å². The first kappa shape index (κ1) is 15.8. The summed E-state index contributed by atoms with van der Waals surface area (Å²) >= 11 is 1.39. The van der Waals surface area contributed by atoms with E-state index in [1.165, 1.54) is 29.1 Å². The summed E-state index contributed by atoms with van der Waals surface area (Å²) in [6, 6.07) is 3.53. The van der Waals surface area contributed by atoms with Crippen LogP contribution in [0.2, 0.25) is 0 Å². The molecule has 0 saturated carbocycles. The summed E-state index contributed by atoms with van der Waals surface area (Å²) in [5.41, 5.74) is 1.66. The molecule has 3 rings (SSSR count). The van der Waals surface area contributed by atoms with Crippen LogP contribution in [0.25, 0.3) is 10.6 Å². The number of aromatic amines is 1. The van der Waals surface area contributed by atoms with Gasteiger partial charge in [0.05, 0.1) is 16.3 Å². The van der Waals surface area contributed by atoms with Crippen LogP contribution in [0.1, 0.15) is 16.4 Å². The van der Waals surface area contributed by atoms with E-state index in [-0.39, 0.29) is 11.4 Å². The monoisotopic (exact) mass is 353 g/mol. The summed E-state index contributed by atoms with van der Waals surface area (Å²) in [6.07, 6.45) is 1.17. The summed E-state index contributed by atoms with van der Waals surface area (Å²) in [6.45, 7) is 3.72. The number of thiophene rings is 1. The Hall–Kier alpha value is -2.04. The van der Waals surface area contributed by atoms with Crippen LogP contribution < -0.4 is 0 Å². The van der Waals surface area contributed by atoms with Crippen LogP contribution in [0.4, 0.5) is 0 Å². The number of sulfonamides is 1. The Balaban J connectivity index is 1.92. The van der Waals surface area contributed by atoms with E-state index in [1.807, 2.05) is 13.0 Å². The maximum atomic E-state index is 12.7. The number of nitrogens with zero attached hydrogens (tertiary/aromatic N) is 4. The molecule has 0 unspecified atom stereocenters. The Bertz CT molecular complexity index is 911. The highest BCUT2D eigenvalue weighted by atomic mass is 32.2. The predicted octanol–water partition coefficient (Wildman–Crippen LogP) is 1.96. The van der Waals surface area contributed by atoms with Crippen LogP contribution in [0, 0.1) is 13.8 Å². The molecule has 122 valence electrons. The van der Waals surface area contributed by atoms with E-state index >= 15 is 0 Å². The largest absolute Gasteiger partial charge is 0.343 e. The molecule has 0 aliphatic carbocycles. The van der Waals surface area contributed by atoms with Gasteiger partial charge in [0.15, 0.2) is 5.82 Å². The number of nitrogens with one attached hydrogen (secondary N) is 1. The predicted molar refractivity (Wildman–Crippen MR) is 84.3 cm³/mol. The van der Waals surface area contributed by atoms with E-state index in [0.717, 1.165) is 16.3 Å². The Morgan fingerprint density at radius 3 is 2.74 bits per heavy atom. The molecular weight excluding hydrogens is 338 g/mol. The van der Waals surface area contributed by atoms with E-state index in [9.17, 15) is 8.42 Å². The van der Waals surface area contributed by atoms with Gasteiger partial charge in [-0.1, -0.05) is 5.16 Å². The van der Waals surface area contributed by atoms with E-state index in [2.05, 4.69) is 24.9 Å². The standard InChI is InChI=1S/C13H15N5O3S2/c1-8-4-10(16-15-8)11-5-12(9(2)22-11)23(19,20)18(3)6-13-14-7-21-17-13/h4-5,7H,6H2,1-3H3,(H,15,16). The van der Waals surface area contributed by atoms with Crippen LogP contribution in [0.5, 0.6) is 0 Å². The molecule has 3 heterocycles. The highest BCUT2D eigenvalue weighted by Gasteiger charge is 2.26. The molecule has 10 heteroatoms. The lowest BCUT2D eigenvalue weighted by Crippen LogP contribution is -2.27. The average Bonchev–Trinajstić information content (AvgIpc) is 3.20. The molecule has 0 aromatic carbocycles. The lowest BCUT2D eigenvalue weighted by molar-refractivity contribution is 0.394. The van der Waals surface area contributed by atoms with E-state index in [1.54, 1.807) is 13.0 Å². The number of rotatable bonds is 5. The molecule has 0 saturated heterocycles. The Labute approximate surface area is 137 Å². The van der Waals surface area contributed by atoms with Crippen molar-refractivity contribution < 1.29 is 12.9 Å². The molecule has 0 atom stereocenters. The smallest absolute Gasteiger partial charge is 0.244 e. The van der Waals surface area contributed by atoms with Gasteiger partial charge in [0.25, 0.3) is 0 Å². The number of aromatic nitrogens is 4. The normalized spacial score (nSPS) is 12.2. The molecule has 8 nitrogen and oxygen atoms in total. The Morgan fingerprint density at radius 1 is 1.35 bits per heavy atom. The Kier molecular flexibility index (Phi) is 4.04. The number of H-pyrrole nitrogens is 1. The van der Waals surface area contributed by atoms with Crippen molar-refractivity contribution in [1.29, 1.82) is 0 Å². The summed E-state index contributed by atoms with van der Waals surface area (Å²) in [5, 5.41) is 10.7. The molecule has 0 radical (unpaired) electrons. The van der Waals surface area contributed by atoms with Gasteiger partial charge in [0.1, 0.15) is 5.69 Å². The topological polar surface area (TPSA) is 105 Å².